The molecule has 1 rings (SSSR count). The maximum Gasteiger partial charge on any atom is 0.345 e. The van der Waals surface area contributed by atoms with Gasteiger partial charge >= 0.3 is 17.9 Å². The van der Waals surface area contributed by atoms with Crippen molar-refractivity contribution in [3.05, 3.63) is 22.8 Å². The molecule has 0 N–H and O–H groups in total. The van der Waals surface area contributed by atoms with Gasteiger partial charge in [0.15, 0.2) is 5.75 Å². The third-order valence-electron chi connectivity index (χ3n) is 2.85. The van der Waals surface area contributed by atoms with Gasteiger partial charge < -0.3 is 23.7 Å². The molecule has 120 valence electrons. The minimum Gasteiger partial charge on any atom is -0.496 e. The number of hydrogen-bond acceptors (Lipinski definition) is 8. The molecule has 8 heteroatoms. The highest BCUT2D eigenvalue weighted by Gasteiger charge is 2.32. The first-order chi connectivity index (χ1) is 10.5. The number of carbonyl (C=O) groups is 3. The van der Waals surface area contributed by atoms with Crippen molar-refractivity contribution >= 4 is 17.9 Å². The van der Waals surface area contributed by atoms with Gasteiger partial charge in [0.25, 0.3) is 0 Å². The minimum atomic E-state index is -0.870. The number of hydrogen-bond donors (Lipinski definition) is 0. The predicted molar refractivity (Wildman–Crippen MR) is 73.6 cm³/mol. The Hall–Kier alpha value is -2.77. The molecule has 0 saturated heterocycles. The lowest BCUT2D eigenvalue weighted by Gasteiger charge is -2.17. The smallest absolute Gasteiger partial charge is 0.345 e. The van der Waals surface area contributed by atoms with E-state index in [1.54, 1.807) is 0 Å². The van der Waals surface area contributed by atoms with Gasteiger partial charge in [0.1, 0.15) is 16.9 Å². The molecule has 0 spiro atoms. The number of benzene rings is 1. The van der Waals surface area contributed by atoms with Crippen LogP contribution in [-0.2, 0) is 14.2 Å². The van der Waals surface area contributed by atoms with E-state index in [1.807, 2.05) is 0 Å². The van der Waals surface area contributed by atoms with Gasteiger partial charge in [0.2, 0.25) is 0 Å². The first kappa shape index (κ1) is 17.3. The lowest BCUT2D eigenvalue weighted by Crippen LogP contribution is -2.17. The molecule has 0 fully saturated rings. The van der Waals surface area contributed by atoms with Crippen LogP contribution in [0, 0.1) is 0 Å². The van der Waals surface area contributed by atoms with Gasteiger partial charge in [0, 0.05) is 0 Å². The van der Waals surface area contributed by atoms with E-state index in [2.05, 4.69) is 14.2 Å². The summed E-state index contributed by atoms with van der Waals surface area (Å²) < 4.78 is 24.1. The van der Waals surface area contributed by atoms with Crippen LogP contribution in [0.4, 0.5) is 0 Å². The van der Waals surface area contributed by atoms with Crippen molar-refractivity contribution in [2.75, 3.05) is 35.5 Å². The predicted octanol–water partition coefficient (Wildman–Crippen LogP) is 1.06. The van der Waals surface area contributed by atoms with E-state index in [-0.39, 0.29) is 28.2 Å². The van der Waals surface area contributed by atoms with Crippen LogP contribution >= 0.6 is 0 Å². The van der Waals surface area contributed by atoms with Crippen LogP contribution < -0.4 is 9.47 Å². The van der Waals surface area contributed by atoms with Crippen LogP contribution in [0.25, 0.3) is 0 Å². The van der Waals surface area contributed by atoms with Crippen molar-refractivity contribution in [1.29, 1.82) is 0 Å². The Morgan fingerprint density at radius 3 is 1.64 bits per heavy atom. The Bertz CT molecular complexity index is 605. The second-order valence-electron chi connectivity index (χ2n) is 3.88. The zero-order chi connectivity index (χ0) is 16.9. The normalized spacial score (nSPS) is 9.68. The number of methoxy groups -OCH3 is 5. The van der Waals surface area contributed by atoms with E-state index in [0.29, 0.717) is 0 Å². The number of esters is 3. The Balaban J connectivity index is 3.86. The van der Waals surface area contributed by atoms with Crippen LogP contribution in [0.2, 0.25) is 0 Å². The third kappa shape index (κ3) is 2.95. The second-order valence-corrected chi connectivity index (χ2v) is 3.88. The van der Waals surface area contributed by atoms with Gasteiger partial charge in [-0.05, 0) is 6.07 Å². The van der Waals surface area contributed by atoms with E-state index in [0.717, 1.165) is 21.3 Å². The highest BCUT2D eigenvalue weighted by Crippen LogP contribution is 2.36. The number of ether oxygens (including phenoxy) is 5. The molecular formula is C14H16O8. The topological polar surface area (TPSA) is 97.4 Å². The number of rotatable bonds is 5. The van der Waals surface area contributed by atoms with Gasteiger partial charge in [-0.2, -0.15) is 0 Å². The molecule has 1 aromatic carbocycles. The van der Waals surface area contributed by atoms with E-state index < -0.39 is 17.9 Å². The summed E-state index contributed by atoms with van der Waals surface area (Å²) in [6.07, 6.45) is 0. The van der Waals surface area contributed by atoms with Gasteiger partial charge in [-0.25, -0.2) is 14.4 Å². The van der Waals surface area contributed by atoms with E-state index >= 15 is 0 Å². The van der Waals surface area contributed by atoms with Crippen molar-refractivity contribution in [3.63, 3.8) is 0 Å². The standard InChI is InChI=1S/C14H16O8/c1-18-8-6-7(12(15)20-3)9(13(16)21-4)11(19-2)10(8)14(17)22-5/h6H,1-5H3. The fraction of sp³-hybridized carbons (Fsp3) is 0.357. The molecule has 8 nitrogen and oxygen atoms in total. The van der Waals surface area contributed by atoms with Crippen LogP contribution in [0.3, 0.4) is 0 Å². The highest BCUT2D eigenvalue weighted by molar-refractivity contribution is 6.09. The van der Waals surface area contributed by atoms with Crippen molar-refractivity contribution in [2.45, 2.75) is 0 Å². The summed E-state index contributed by atoms with van der Waals surface area (Å²) in [5, 5.41) is 0. The van der Waals surface area contributed by atoms with E-state index in [1.165, 1.54) is 20.3 Å². The van der Waals surface area contributed by atoms with Gasteiger partial charge in [-0.15, -0.1) is 0 Å². The quantitative estimate of drug-likeness (QED) is 0.588. The third-order valence-corrected chi connectivity index (χ3v) is 2.85. The van der Waals surface area contributed by atoms with Gasteiger partial charge in [-0.1, -0.05) is 0 Å². The van der Waals surface area contributed by atoms with Crippen molar-refractivity contribution in [1.82, 2.24) is 0 Å². The zero-order valence-electron chi connectivity index (χ0n) is 12.8. The Labute approximate surface area is 126 Å². The maximum absolute atomic E-state index is 12.0. The average molecular weight is 312 g/mol. The highest BCUT2D eigenvalue weighted by atomic mass is 16.5. The van der Waals surface area contributed by atoms with E-state index in [4.69, 9.17) is 9.47 Å². The van der Waals surface area contributed by atoms with Crippen molar-refractivity contribution in [2.24, 2.45) is 0 Å². The summed E-state index contributed by atoms with van der Waals surface area (Å²) in [7, 11) is 5.96. The summed E-state index contributed by atoms with van der Waals surface area (Å²) in [5.74, 6) is -2.68. The Morgan fingerprint density at radius 2 is 1.23 bits per heavy atom. The molecule has 0 unspecified atom stereocenters. The summed E-state index contributed by atoms with van der Waals surface area (Å²) in [5.41, 5.74) is -0.547. The minimum absolute atomic E-state index is 0.00301. The van der Waals surface area contributed by atoms with Crippen LogP contribution in [0.15, 0.2) is 6.07 Å². The lowest BCUT2D eigenvalue weighted by molar-refractivity contribution is 0.0546. The molecule has 0 aliphatic heterocycles. The summed E-state index contributed by atoms with van der Waals surface area (Å²) in [6.45, 7) is 0. The number of carbonyl (C=O) groups excluding carboxylic acids is 3. The average Bonchev–Trinajstić information content (AvgIpc) is 2.57. The summed E-state index contributed by atoms with van der Waals surface area (Å²) >= 11 is 0. The zero-order valence-corrected chi connectivity index (χ0v) is 12.8. The molecule has 1 aromatic rings. The molecule has 0 aliphatic carbocycles. The molecule has 0 aliphatic rings. The van der Waals surface area contributed by atoms with Gasteiger partial charge in [-0.3, -0.25) is 0 Å². The van der Waals surface area contributed by atoms with Crippen molar-refractivity contribution < 1.29 is 38.1 Å². The second kappa shape index (κ2) is 7.30. The summed E-state index contributed by atoms with van der Waals surface area (Å²) in [6, 6.07) is 1.19. The molecule has 0 saturated carbocycles. The molecule has 22 heavy (non-hydrogen) atoms. The first-order valence-corrected chi connectivity index (χ1v) is 6.00. The van der Waals surface area contributed by atoms with E-state index in [9.17, 15) is 14.4 Å². The molecule has 0 bridgehead atoms. The lowest BCUT2D eigenvalue weighted by atomic mass is 10.0. The Kier molecular flexibility index (Phi) is 5.73. The fourth-order valence-corrected chi connectivity index (χ4v) is 1.87. The molecule has 0 atom stereocenters. The first-order valence-electron chi connectivity index (χ1n) is 6.00. The molecular weight excluding hydrogens is 296 g/mol. The maximum atomic E-state index is 12.0. The van der Waals surface area contributed by atoms with Crippen LogP contribution in [-0.4, -0.2) is 53.5 Å². The molecule has 0 radical (unpaired) electrons. The van der Waals surface area contributed by atoms with Gasteiger partial charge in [0.05, 0.1) is 41.1 Å². The van der Waals surface area contributed by atoms with Crippen LogP contribution in [0.1, 0.15) is 31.1 Å². The SMILES string of the molecule is COC(=O)c1cc(OC)c(C(=O)OC)c(OC)c1C(=O)OC. The summed E-state index contributed by atoms with van der Waals surface area (Å²) in [4.78, 5) is 35.8. The Morgan fingerprint density at radius 1 is 0.727 bits per heavy atom. The molecule has 0 aromatic heterocycles. The molecule has 0 amide bonds. The van der Waals surface area contributed by atoms with Crippen LogP contribution in [0.5, 0.6) is 11.5 Å². The monoisotopic (exact) mass is 312 g/mol. The fourth-order valence-electron chi connectivity index (χ4n) is 1.87. The molecule has 0 heterocycles. The largest absolute Gasteiger partial charge is 0.496 e. The van der Waals surface area contributed by atoms with Crippen molar-refractivity contribution in [3.8, 4) is 11.5 Å².